The van der Waals surface area contributed by atoms with Gasteiger partial charge in [0.05, 0.1) is 17.0 Å². The molecule has 1 aromatic heterocycles. The van der Waals surface area contributed by atoms with Gasteiger partial charge >= 0.3 is 0 Å². The molecule has 178 valence electrons. The van der Waals surface area contributed by atoms with Gasteiger partial charge < -0.3 is 19.3 Å². The first-order chi connectivity index (χ1) is 16.5. The Balaban J connectivity index is 1.29. The van der Waals surface area contributed by atoms with Crippen molar-refractivity contribution in [1.29, 1.82) is 0 Å². The van der Waals surface area contributed by atoms with E-state index in [0.29, 0.717) is 32.0 Å². The van der Waals surface area contributed by atoms with Gasteiger partial charge in [0.2, 0.25) is 5.91 Å². The molecule has 5 rings (SSSR count). The first-order valence-electron chi connectivity index (χ1n) is 12.1. The zero-order valence-corrected chi connectivity index (χ0v) is 20.2. The Kier molecular flexibility index (Phi) is 6.46. The molecule has 0 saturated carbocycles. The van der Waals surface area contributed by atoms with Crippen LogP contribution in [0.4, 0.5) is 11.5 Å². The van der Waals surface area contributed by atoms with E-state index in [-0.39, 0.29) is 17.4 Å². The molecule has 1 atom stereocenters. The number of hydrogen-bond acceptors (Lipinski definition) is 5. The lowest BCUT2D eigenvalue weighted by molar-refractivity contribution is -0.136. The van der Waals surface area contributed by atoms with Gasteiger partial charge in [0.15, 0.2) is 5.82 Å². The fourth-order valence-corrected chi connectivity index (χ4v) is 5.29. The van der Waals surface area contributed by atoms with Gasteiger partial charge in [0.25, 0.3) is 5.56 Å². The number of hydrogen-bond donors (Lipinski definition) is 0. The first-order valence-corrected chi connectivity index (χ1v) is 12.5. The number of carbonyl (C=O) groups is 1. The maximum atomic E-state index is 13.4. The van der Waals surface area contributed by atoms with Gasteiger partial charge in [-0.1, -0.05) is 23.7 Å². The lowest BCUT2D eigenvalue weighted by atomic mass is 9.96. The van der Waals surface area contributed by atoms with Crippen LogP contribution in [-0.2, 0) is 11.3 Å². The smallest absolute Gasteiger partial charge is 0.293 e. The molecular formula is C26H30ClN5O2. The van der Waals surface area contributed by atoms with Crippen LogP contribution in [0.2, 0.25) is 5.02 Å². The molecule has 3 aromatic rings. The van der Waals surface area contributed by atoms with E-state index >= 15 is 0 Å². The maximum Gasteiger partial charge on any atom is 0.293 e. The van der Waals surface area contributed by atoms with E-state index < -0.39 is 0 Å². The van der Waals surface area contributed by atoms with Gasteiger partial charge in [-0.25, -0.2) is 4.98 Å². The van der Waals surface area contributed by atoms with Crippen molar-refractivity contribution in [3.05, 3.63) is 63.9 Å². The zero-order chi connectivity index (χ0) is 23.7. The summed E-state index contributed by atoms with van der Waals surface area (Å²) in [6.45, 7) is 6.86. The predicted molar refractivity (Wildman–Crippen MR) is 137 cm³/mol. The second kappa shape index (κ2) is 9.66. The molecule has 0 spiro atoms. The summed E-state index contributed by atoms with van der Waals surface area (Å²) in [5, 5.41) is 0.728. The van der Waals surface area contributed by atoms with Crippen molar-refractivity contribution < 1.29 is 4.79 Å². The molecule has 1 amide bonds. The lowest BCUT2D eigenvalue weighted by Gasteiger charge is -2.40. The van der Waals surface area contributed by atoms with Crippen LogP contribution >= 0.6 is 11.6 Å². The summed E-state index contributed by atoms with van der Waals surface area (Å²) in [7, 11) is 0. The Bertz CT molecular complexity index is 1230. The van der Waals surface area contributed by atoms with Gasteiger partial charge in [-0.3, -0.25) is 9.59 Å². The average Bonchev–Trinajstić information content (AvgIpc) is 2.88. The van der Waals surface area contributed by atoms with Crippen LogP contribution in [-0.4, -0.2) is 59.6 Å². The summed E-state index contributed by atoms with van der Waals surface area (Å²) in [6, 6.07) is 15.6. The number of aryl methyl sites for hydroxylation is 1. The highest BCUT2D eigenvalue weighted by atomic mass is 35.5. The van der Waals surface area contributed by atoms with E-state index in [2.05, 4.69) is 4.90 Å². The van der Waals surface area contributed by atoms with Crippen molar-refractivity contribution in [2.45, 2.75) is 26.3 Å². The van der Waals surface area contributed by atoms with E-state index in [1.165, 1.54) is 0 Å². The number of anilines is 2. The maximum absolute atomic E-state index is 13.4. The number of para-hydroxylation sites is 2. The molecule has 2 saturated heterocycles. The Morgan fingerprint density at radius 1 is 1.00 bits per heavy atom. The van der Waals surface area contributed by atoms with Gasteiger partial charge in [0, 0.05) is 56.5 Å². The number of amides is 1. The second-order valence-electron chi connectivity index (χ2n) is 9.05. The molecule has 1 unspecified atom stereocenters. The second-order valence-corrected chi connectivity index (χ2v) is 9.48. The van der Waals surface area contributed by atoms with Crippen LogP contribution in [0.15, 0.2) is 53.3 Å². The first kappa shape index (κ1) is 22.7. The van der Waals surface area contributed by atoms with Crippen molar-refractivity contribution in [2.24, 2.45) is 5.92 Å². The molecule has 8 heteroatoms. The summed E-state index contributed by atoms with van der Waals surface area (Å²) in [5.41, 5.74) is 2.72. The predicted octanol–water partition coefficient (Wildman–Crippen LogP) is 3.64. The quantitative estimate of drug-likeness (QED) is 0.571. The number of fused-ring (bicyclic) bond motifs is 1. The normalized spacial score (nSPS) is 19.0. The monoisotopic (exact) mass is 479 g/mol. The molecule has 0 bridgehead atoms. The molecule has 2 aromatic carbocycles. The molecule has 0 radical (unpaired) electrons. The van der Waals surface area contributed by atoms with E-state index in [4.69, 9.17) is 16.6 Å². The van der Waals surface area contributed by atoms with E-state index in [1.54, 1.807) is 4.57 Å². The average molecular weight is 480 g/mol. The summed E-state index contributed by atoms with van der Waals surface area (Å²) >= 11 is 6.01. The largest absolute Gasteiger partial charge is 0.368 e. The minimum Gasteiger partial charge on any atom is -0.368 e. The molecule has 2 aliphatic rings. The van der Waals surface area contributed by atoms with E-state index in [0.717, 1.165) is 54.2 Å². The molecule has 7 nitrogen and oxygen atoms in total. The standard InChI is InChI=1S/C26H30ClN5O2/c1-2-32-23-8-4-3-7-22(23)28-24(26(32)34)31-13-5-6-19(18-31)25(33)30-16-14-29(15-17-30)21-11-9-20(27)10-12-21/h3-4,7-12,19H,2,5-6,13-18H2,1H3. The highest BCUT2D eigenvalue weighted by Crippen LogP contribution is 2.25. The Hall–Kier alpha value is -3.06. The minimum atomic E-state index is -0.112. The van der Waals surface area contributed by atoms with Crippen molar-refractivity contribution >= 4 is 40.0 Å². The fraction of sp³-hybridized carbons (Fsp3) is 0.423. The third kappa shape index (κ3) is 4.37. The Labute approximate surface area is 204 Å². The molecule has 34 heavy (non-hydrogen) atoms. The highest BCUT2D eigenvalue weighted by Gasteiger charge is 2.32. The van der Waals surface area contributed by atoms with Crippen molar-refractivity contribution in [2.75, 3.05) is 49.1 Å². The van der Waals surface area contributed by atoms with Crippen molar-refractivity contribution in [3.63, 3.8) is 0 Å². The molecule has 3 heterocycles. The fourth-order valence-electron chi connectivity index (χ4n) is 5.17. The Morgan fingerprint density at radius 2 is 1.74 bits per heavy atom. The molecular weight excluding hydrogens is 450 g/mol. The Morgan fingerprint density at radius 3 is 2.47 bits per heavy atom. The number of halogens is 1. The van der Waals surface area contributed by atoms with Crippen LogP contribution in [0.5, 0.6) is 0 Å². The number of aromatic nitrogens is 2. The number of carbonyl (C=O) groups excluding carboxylic acids is 1. The van der Waals surface area contributed by atoms with E-state index in [9.17, 15) is 9.59 Å². The molecule has 2 aliphatic heterocycles. The summed E-state index contributed by atoms with van der Waals surface area (Å²) < 4.78 is 1.78. The van der Waals surface area contributed by atoms with Crippen LogP contribution in [0.25, 0.3) is 11.0 Å². The number of nitrogens with zero attached hydrogens (tertiary/aromatic N) is 5. The van der Waals surface area contributed by atoms with Crippen LogP contribution in [0.1, 0.15) is 19.8 Å². The highest BCUT2D eigenvalue weighted by molar-refractivity contribution is 6.30. The van der Waals surface area contributed by atoms with Gasteiger partial charge in [-0.2, -0.15) is 0 Å². The summed E-state index contributed by atoms with van der Waals surface area (Å²) in [4.78, 5) is 37.6. The topological polar surface area (TPSA) is 61.7 Å². The van der Waals surface area contributed by atoms with Crippen LogP contribution < -0.4 is 15.4 Å². The third-order valence-electron chi connectivity index (χ3n) is 7.00. The van der Waals surface area contributed by atoms with Crippen molar-refractivity contribution in [1.82, 2.24) is 14.5 Å². The van der Waals surface area contributed by atoms with Crippen molar-refractivity contribution in [3.8, 4) is 0 Å². The summed E-state index contributed by atoms with van der Waals surface area (Å²) in [5.74, 6) is 0.543. The molecule has 2 fully saturated rings. The number of benzene rings is 2. The van der Waals surface area contributed by atoms with Gasteiger partial charge in [-0.05, 0) is 56.2 Å². The van der Waals surface area contributed by atoms with Crippen LogP contribution in [0, 0.1) is 5.92 Å². The van der Waals surface area contributed by atoms with Crippen LogP contribution in [0.3, 0.4) is 0 Å². The number of piperazine rings is 1. The molecule has 0 N–H and O–H groups in total. The number of piperidine rings is 1. The van der Waals surface area contributed by atoms with Gasteiger partial charge in [0.1, 0.15) is 0 Å². The summed E-state index contributed by atoms with van der Waals surface area (Å²) in [6.07, 6.45) is 1.73. The SMILES string of the molecule is CCn1c(=O)c(N2CCCC(C(=O)N3CCN(c4ccc(Cl)cc4)CC3)C2)nc2ccccc21. The minimum absolute atomic E-state index is 0.0779. The molecule has 0 aliphatic carbocycles. The van der Waals surface area contributed by atoms with E-state index in [1.807, 2.05) is 65.3 Å². The third-order valence-corrected chi connectivity index (χ3v) is 7.26. The van der Waals surface area contributed by atoms with Gasteiger partial charge in [-0.15, -0.1) is 0 Å². The number of rotatable bonds is 4. The zero-order valence-electron chi connectivity index (χ0n) is 19.5. The lowest BCUT2D eigenvalue weighted by Crippen LogP contribution is -2.53.